The summed E-state index contributed by atoms with van der Waals surface area (Å²) in [5.74, 6) is 3.05. The van der Waals surface area contributed by atoms with Gasteiger partial charge in [-0.25, -0.2) is 0 Å². The van der Waals surface area contributed by atoms with Crippen molar-refractivity contribution in [2.45, 2.75) is 0 Å². The first-order chi connectivity index (χ1) is 12.8. The van der Waals surface area contributed by atoms with Crippen molar-refractivity contribution in [2.75, 3.05) is 50.5 Å². The Balaban J connectivity index is 0.000000151. The first kappa shape index (κ1) is 18.0. The van der Waals surface area contributed by atoms with Crippen LogP contribution in [0.15, 0.2) is 36.4 Å². The number of aliphatic hydroxyl groups excluding tert-OH is 2. The molecular formula is C18H22N2O6. The molecule has 4 rings (SSSR count). The lowest BCUT2D eigenvalue weighted by Gasteiger charge is -2.04. The predicted molar refractivity (Wildman–Crippen MR) is 96.3 cm³/mol. The molecule has 0 saturated heterocycles. The van der Waals surface area contributed by atoms with Crippen LogP contribution < -0.4 is 29.6 Å². The normalized spacial score (nSPS) is 13.0. The third-order valence-electron chi connectivity index (χ3n) is 3.63. The fourth-order valence-electron chi connectivity index (χ4n) is 2.41. The fraction of sp³-hybridized carbons (Fsp3) is 0.333. The largest absolute Gasteiger partial charge is 0.454 e. The van der Waals surface area contributed by atoms with Crippen molar-refractivity contribution < 1.29 is 29.2 Å². The van der Waals surface area contributed by atoms with E-state index in [2.05, 4.69) is 10.6 Å². The minimum atomic E-state index is 0.119. The molecule has 2 aromatic carbocycles. The Hall–Kier alpha value is -2.84. The van der Waals surface area contributed by atoms with Crippen LogP contribution in [0.25, 0.3) is 0 Å². The van der Waals surface area contributed by atoms with Gasteiger partial charge in [0.05, 0.1) is 13.2 Å². The molecule has 8 heteroatoms. The predicted octanol–water partition coefficient (Wildman–Crippen LogP) is 1.64. The Kier molecular flexibility index (Phi) is 6.24. The number of hydrogen-bond donors (Lipinski definition) is 4. The summed E-state index contributed by atoms with van der Waals surface area (Å²) in [6, 6.07) is 11.2. The molecule has 0 unspecified atom stereocenters. The molecule has 0 radical (unpaired) electrons. The maximum atomic E-state index is 8.60. The number of hydrogen-bond acceptors (Lipinski definition) is 8. The highest BCUT2D eigenvalue weighted by atomic mass is 16.7. The highest BCUT2D eigenvalue weighted by molar-refractivity contribution is 5.56. The van der Waals surface area contributed by atoms with E-state index in [4.69, 9.17) is 29.2 Å². The lowest BCUT2D eigenvalue weighted by molar-refractivity contribution is 0.173. The van der Waals surface area contributed by atoms with Gasteiger partial charge < -0.3 is 39.8 Å². The monoisotopic (exact) mass is 362 g/mol. The smallest absolute Gasteiger partial charge is 0.231 e. The van der Waals surface area contributed by atoms with Crippen molar-refractivity contribution in [1.82, 2.24) is 0 Å². The van der Waals surface area contributed by atoms with Crippen LogP contribution in [0.5, 0.6) is 23.0 Å². The first-order valence-corrected chi connectivity index (χ1v) is 8.29. The lowest BCUT2D eigenvalue weighted by atomic mass is 10.3. The van der Waals surface area contributed by atoms with Crippen LogP contribution in [-0.2, 0) is 0 Å². The highest BCUT2D eigenvalue weighted by Crippen LogP contribution is 2.34. The van der Waals surface area contributed by atoms with Crippen molar-refractivity contribution in [3.8, 4) is 23.0 Å². The molecule has 2 aliphatic rings. The molecule has 2 aromatic rings. The van der Waals surface area contributed by atoms with Gasteiger partial charge in [-0.1, -0.05) is 0 Å². The van der Waals surface area contributed by atoms with Gasteiger partial charge in [-0.05, 0) is 24.3 Å². The van der Waals surface area contributed by atoms with Crippen LogP contribution in [0.3, 0.4) is 0 Å². The molecule has 8 nitrogen and oxygen atoms in total. The van der Waals surface area contributed by atoms with Gasteiger partial charge >= 0.3 is 0 Å². The summed E-state index contributed by atoms with van der Waals surface area (Å²) in [5, 5.41) is 23.3. The van der Waals surface area contributed by atoms with Gasteiger partial charge in [-0.15, -0.1) is 0 Å². The molecule has 0 atom stereocenters. The second-order valence-electron chi connectivity index (χ2n) is 5.44. The standard InChI is InChI=1S/2C9H11NO3/c2*11-4-3-10-7-1-2-8-9(5-7)13-6-12-8/h2*1-2,5,10-11H,3-4,6H2. The van der Waals surface area contributed by atoms with Crippen molar-refractivity contribution in [2.24, 2.45) is 0 Å². The van der Waals surface area contributed by atoms with Crippen molar-refractivity contribution in [3.63, 3.8) is 0 Å². The Morgan fingerprint density at radius 2 is 1.08 bits per heavy atom. The third kappa shape index (κ3) is 4.62. The number of nitrogens with one attached hydrogen (secondary N) is 2. The molecule has 0 spiro atoms. The van der Waals surface area contributed by atoms with Crippen molar-refractivity contribution in [3.05, 3.63) is 36.4 Å². The second kappa shape index (κ2) is 9.02. The molecule has 0 bridgehead atoms. The van der Waals surface area contributed by atoms with Crippen LogP contribution in [0.1, 0.15) is 0 Å². The molecule has 0 amide bonds. The molecule has 0 fully saturated rings. The van der Waals surface area contributed by atoms with Gasteiger partial charge in [0.15, 0.2) is 23.0 Å². The van der Waals surface area contributed by atoms with Gasteiger partial charge in [0, 0.05) is 36.6 Å². The van der Waals surface area contributed by atoms with E-state index in [1.165, 1.54) is 0 Å². The Bertz CT molecular complexity index is 663. The summed E-state index contributed by atoms with van der Waals surface area (Å²) < 4.78 is 20.7. The summed E-state index contributed by atoms with van der Waals surface area (Å²) in [4.78, 5) is 0. The maximum Gasteiger partial charge on any atom is 0.231 e. The number of anilines is 2. The highest BCUT2D eigenvalue weighted by Gasteiger charge is 2.13. The number of aliphatic hydroxyl groups is 2. The minimum Gasteiger partial charge on any atom is -0.454 e. The third-order valence-corrected chi connectivity index (χ3v) is 3.63. The van der Waals surface area contributed by atoms with Crippen LogP contribution in [-0.4, -0.2) is 50.1 Å². The van der Waals surface area contributed by atoms with E-state index in [1.807, 2.05) is 36.4 Å². The summed E-state index contributed by atoms with van der Waals surface area (Å²) in [5.41, 5.74) is 1.86. The summed E-state index contributed by atoms with van der Waals surface area (Å²) in [7, 11) is 0. The SMILES string of the molecule is OCCNc1ccc2c(c1)OCO2.OCCNc1ccc2c(c1)OCO2. The topological polar surface area (TPSA) is 101 Å². The Morgan fingerprint density at radius 1 is 0.654 bits per heavy atom. The molecule has 0 aromatic heterocycles. The number of fused-ring (bicyclic) bond motifs is 2. The van der Waals surface area contributed by atoms with Crippen LogP contribution in [0, 0.1) is 0 Å². The van der Waals surface area contributed by atoms with Gasteiger partial charge in [-0.2, -0.15) is 0 Å². The number of benzene rings is 2. The average Bonchev–Trinajstić information content (AvgIpc) is 3.33. The zero-order valence-electron chi connectivity index (χ0n) is 14.2. The minimum absolute atomic E-state index is 0.119. The van der Waals surface area contributed by atoms with E-state index in [0.29, 0.717) is 26.7 Å². The van der Waals surface area contributed by atoms with E-state index in [9.17, 15) is 0 Å². The van der Waals surface area contributed by atoms with E-state index in [0.717, 1.165) is 34.4 Å². The van der Waals surface area contributed by atoms with Gasteiger partial charge in [0.2, 0.25) is 13.6 Å². The summed E-state index contributed by atoms with van der Waals surface area (Å²) in [6.07, 6.45) is 0. The average molecular weight is 362 g/mol. The molecule has 140 valence electrons. The molecular weight excluding hydrogens is 340 g/mol. The summed E-state index contributed by atoms with van der Waals surface area (Å²) >= 11 is 0. The number of ether oxygens (including phenoxy) is 4. The van der Waals surface area contributed by atoms with E-state index in [-0.39, 0.29) is 13.2 Å². The van der Waals surface area contributed by atoms with Gasteiger partial charge in [-0.3, -0.25) is 0 Å². The van der Waals surface area contributed by atoms with E-state index >= 15 is 0 Å². The van der Waals surface area contributed by atoms with Crippen LogP contribution in [0.4, 0.5) is 11.4 Å². The van der Waals surface area contributed by atoms with E-state index < -0.39 is 0 Å². The van der Waals surface area contributed by atoms with Crippen molar-refractivity contribution >= 4 is 11.4 Å². The quantitative estimate of drug-likeness (QED) is 0.615. The van der Waals surface area contributed by atoms with Crippen LogP contribution >= 0.6 is 0 Å². The van der Waals surface area contributed by atoms with Gasteiger partial charge in [0.25, 0.3) is 0 Å². The molecule has 2 aliphatic heterocycles. The zero-order chi connectivity index (χ0) is 18.2. The summed E-state index contributed by atoms with van der Waals surface area (Å²) in [6.45, 7) is 1.90. The van der Waals surface area contributed by atoms with Gasteiger partial charge in [0.1, 0.15) is 0 Å². The Labute approximate surface area is 151 Å². The van der Waals surface area contributed by atoms with Crippen molar-refractivity contribution in [1.29, 1.82) is 0 Å². The lowest BCUT2D eigenvalue weighted by Crippen LogP contribution is -2.04. The second-order valence-corrected chi connectivity index (χ2v) is 5.44. The fourth-order valence-corrected chi connectivity index (χ4v) is 2.41. The molecule has 4 N–H and O–H groups in total. The van der Waals surface area contributed by atoms with Crippen LogP contribution in [0.2, 0.25) is 0 Å². The zero-order valence-corrected chi connectivity index (χ0v) is 14.2. The Morgan fingerprint density at radius 3 is 1.50 bits per heavy atom. The molecule has 2 heterocycles. The van der Waals surface area contributed by atoms with E-state index in [1.54, 1.807) is 0 Å². The first-order valence-electron chi connectivity index (χ1n) is 8.29. The molecule has 0 aliphatic carbocycles. The number of rotatable bonds is 6. The maximum absolute atomic E-state index is 8.60. The molecule has 0 saturated carbocycles. The molecule has 26 heavy (non-hydrogen) atoms.